The number of phenols is 1. The number of benzene rings is 4. The van der Waals surface area contributed by atoms with Gasteiger partial charge in [-0.2, -0.15) is 0 Å². The highest BCUT2D eigenvalue weighted by molar-refractivity contribution is 6.15. The van der Waals surface area contributed by atoms with Crippen LogP contribution < -0.4 is 16.4 Å². The average molecular weight is 750 g/mol. The molecule has 5 amide bonds. The van der Waals surface area contributed by atoms with Crippen LogP contribution >= 0.6 is 0 Å². The lowest BCUT2D eigenvalue weighted by molar-refractivity contribution is -0.158. The van der Waals surface area contributed by atoms with Gasteiger partial charge in [-0.15, -0.1) is 0 Å². The smallest absolute Gasteiger partial charge is 0.408 e. The minimum absolute atomic E-state index is 0.0274. The SMILES string of the molecule is CC(C)(C)OC(=O)N[C@@H](Cc1c[nH]c2ccccc12)C(=O)N(C(=O)Cc1ccc(O)cc1)C(=O)[C@H](CC(=O)O)NC(=O)[C@@H](N)Cc1ccc2ccccc2c1. The first-order valence-electron chi connectivity index (χ1n) is 17.6. The van der Waals surface area contributed by atoms with Gasteiger partial charge in [0.1, 0.15) is 23.4 Å². The number of aromatic hydroxyl groups is 1. The van der Waals surface area contributed by atoms with E-state index in [1.165, 1.54) is 24.3 Å². The Bertz CT molecular complexity index is 2220. The van der Waals surface area contributed by atoms with E-state index in [1.807, 2.05) is 36.4 Å². The number of carbonyl (C=O) groups is 6. The van der Waals surface area contributed by atoms with Crippen molar-refractivity contribution in [2.24, 2.45) is 5.73 Å². The Hall–Kier alpha value is -6.54. The number of nitrogens with one attached hydrogen (secondary N) is 3. The summed E-state index contributed by atoms with van der Waals surface area (Å²) in [5.41, 5.74) is 7.56. The Labute approximate surface area is 316 Å². The average Bonchev–Trinajstić information content (AvgIpc) is 3.53. The predicted octanol–water partition coefficient (Wildman–Crippen LogP) is 4.12. The number of nitrogens with zero attached hydrogens (tertiary/aromatic N) is 1. The quantitative estimate of drug-likeness (QED) is 0.101. The molecule has 286 valence electrons. The van der Waals surface area contributed by atoms with Crippen LogP contribution in [0, 0.1) is 0 Å². The van der Waals surface area contributed by atoms with Gasteiger partial charge in [0.05, 0.1) is 18.9 Å². The summed E-state index contributed by atoms with van der Waals surface area (Å²) in [6.07, 6.45) is -1.13. The molecule has 4 aromatic carbocycles. The fourth-order valence-electron chi connectivity index (χ4n) is 6.07. The number of alkyl carbamates (subject to hydrolysis) is 1. The maximum absolute atomic E-state index is 14.6. The summed E-state index contributed by atoms with van der Waals surface area (Å²) in [5, 5.41) is 27.0. The first kappa shape index (κ1) is 39.7. The van der Waals surface area contributed by atoms with Crippen molar-refractivity contribution >= 4 is 57.4 Å². The molecule has 0 bridgehead atoms. The number of hydrogen-bond donors (Lipinski definition) is 6. The van der Waals surface area contributed by atoms with Crippen molar-refractivity contribution in [2.75, 3.05) is 0 Å². The molecule has 0 aliphatic rings. The highest BCUT2D eigenvalue weighted by Crippen LogP contribution is 2.22. The first-order chi connectivity index (χ1) is 26.1. The van der Waals surface area contributed by atoms with Crippen LogP contribution in [0.2, 0.25) is 0 Å². The third-order valence-electron chi connectivity index (χ3n) is 8.67. The van der Waals surface area contributed by atoms with Crippen LogP contribution in [0.25, 0.3) is 21.7 Å². The van der Waals surface area contributed by atoms with E-state index in [9.17, 15) is 39.0 Å². The molecule has 0 unspecified atom stereocenters. The number of aromatic nitrogens is 1. The van der Waals surface area contributed by atoms with E-state index in [2.05, 4.69) is 15.6 Å². The molecule has 5 rings (SSSR count). The molecule has 0 aliphatic heterocycles. The van der Waals surface area contributed by atoms with Gasteiger partial charge in [-0.3, -0.25) is 24.0 Å². The second kappa shape index (κ2) is 17.1. The zero-order valence-corrected chi connectivity index (χ0v) is 30.6. The number of imide groups is 3. The number of nitrogens with two attached hydrogens (primary N) is 1. The number of ether oxygens (including phenoxy) is 1. The Balaban J connectivity index is 1.48. The number of amides is 5. The molecule has 0 fully saturated rings. The van der Waals surface area contributed by atoms with Crippen molar-refractivity contribution in [3.63, 3.8) is 0 Å². The second-order valence-corrected chi connectivity index (χ2v) is 14.2. The Morgan fingerprint density at radius 3 is 2.13 bits per heavy atom. The van der Waals surface area contributed by atoms with Crippen LogP contribution in [0.4, 0.5) is 4.79 Å². The van der Waals surface area contributed by atoms with Crippen molar-refractivity contribution in [1.82, 2.24) is 20.5 Å². The minimum atomic E-state index is -1.92. The molecule has 14 nitrogen and oxygen atoms in total. The molecule has 55 heavy (non-hydrogen) atoms. The number of phenolic OH excluding ortho intramolecular Hbond substituents is 1. The number of fused-ring (bicyclic) bond motifs is 2. The van der Waals surface area contributed by atoms with Crippen LogP contribution in [0.5, 0.6) is 5.75 Å². The standard InChI is InChI=1S/C41H43N5O9/c1-41(2,3)55-40(54)45-33(21-28-23-43-32-11-7-6-10-30(28)32)38(52)46(35(48)20-24-13-16-29(47)17-14-24)39(53)34(22-36(49)50)44-37(51)31(42)19-25-12-15-26-8-4-5-9-27(26)18-25/h4-18,23,31,33-34,43,47H,19-22,42H2,1-3H3,(H,44,51)(H,45,54)(H,49,50)/t31-,33-,34-/m0/s1. The molecule has 5 aromatic rings. The summed E-state index contributed by atoms with van der Waals surface area (Å²) in [4.78, 5) is 85.0. The molecule has 0 saturated heterocycles. The second-order valence-electron chi connectivity index (χ2n) is 14.2. The van der Waals surface area contributed by atoms with Crippen molar-refractivity contribution < 1.29 is 43.7 Å². The van der Waals surface area contributed by atoms with Crippen LogP contribution in [0.3, 0.4) is 0 Å². The third kappa shape index (κ3) is 10.5. The summed E-state index contributed by atoms with van der Waals surface area (Å²) >= 11 is 0. The van der Waals surface area contributed by atoms with Gasteiger partial charge in [0.2, 0.25) is 11.8 Å². The Morgan fingerprint density at radius 2 is 1.44 bits per heavy atom. The van der Waals surface area contributed by atoms with Crippen molar-refractivity contribution in [3.05, 3.63) is 114 Å². The number of aromatic amines is 1. The molecule has 3 atom stereocenters. The highest BCUT2D eigenvalue weighted by Gasteiger charge is 2.40. The summed E-state index contributed by atoms with van der Waals surface area (Å²) in [6.45, 7) is 4.85. The van der Waals surface area contributed by atoms with Crippen molar-refractivity contribution in [1.29, 1.82) is 0 Å². The normalized spacial score (nSPS) is 13.0. The summed E-state index contributed by atoms with van der Waals surface area (Å²) in [7, 11) is 0. The molecule has 1 heterocycles. The molecule has 0 spiro atoms. The van der Waals surface area contributed by atoms with Crippen LogP contribution in [-0.4, -0.2) is 79.5 Å². The number of hydrogen-bond acceptors (Lipinski definition) is 9. The molecule has 0 aliphatic carbocycles. The van der Waals surface area contributed by atoms with Gasteiger partial charge in [0, 0.05) is 23.5 Å². The molecular weight excluding hydrogens is 706 g/mol. The monoisotopic (exact) mass is 749 g/mol. The number of carboxylic acids is 1. The maximum Gasteiger partial charge on any atom is 0.408 e. The van der Waals surface area contributed by atoms with E-state index in [0.717, 1.165) is 16.3 Å². The van der Waals surface area contributed by atoms with E-state index in [-0.39, 0.29) is 23.5 Å². The number of carbonyl (C=O) groups excluding carboxylic acids is 5. The number of carboxylic acid groups (broad SMARTS) is 1. The predicted molar refractivity (Wildman–Crippen MR) is 204 cm³/mol. The van der Waals surface area contributed by atoms with Gasteiger partial charge in [0.15, 0.2) is 0 Å². The van der Waals surface area contributed by atoms with Crippen LogP contribution in [0.1, 0.15) is 43.9 Å². The lowest BCUT2D eigenvalue weighted by atomic mass is 10.0. The number of rotatable bonds is 13. The number of aliphatic carboxylic acids is 1. The zero-order chi connectivity index (χ0) is 39.9. The summed E-state index contributed by atoms with van der Waals surface area (Å²) in [5.74, 6) is -6.13. The van der Waals surface area contributed by atoms with Gasteiger partial charge in [0.25, 0.3) is 11.8 Å². The van der Waals surface area contributed by atoms with Gasteiger partial charge >= 0.3 is 12.1 Å². The molecule has 14 heteroatoms. The van der Waals surface area contributed by atoms with E-state index in [0.29, 0.717) is 22.1 Å². The summed E-state index contributed by atoms with van der Waals surface area (Å²) in [6, 6.07) is 21.0. The van der Waals surface area contributed by atoms with Gasteiger partial charge in [-0.05, 0) is 72.9 Å². The fraction of sp³-hybridized carbons (Fsp3) is 0.268. The lowest BCUT2D eigenvalue weighted by Crippen LogP contribution is -2.60. The topological polar surface area (TPSA) is 221 Å². The third-order valence-corrected chi connectivity index (χ3v) is 8.67. The van der Waals surface area contributed by atoms with Gasteiger partial charge in [-0.25, -0.2) is 9.69 Å². The van der Waals surface area contributed by atoms with E-state index < -0.39 is 72.3 Å². The van der Waals surface area contributed by atoms with Crippen molar-refractivity contribution in [2.45, 2.75) is 70.2 Å². The number of H-pyrrole nitrogens is 1. The molecule has 0 saturated carbocycles. The number of para-hydroxylation sites is 1. The lowest BCUT2D eigenvalue weighted by Gasteiger charge is -2.29. The zero-order valence-electron chi connectivity index (χ0n) is 30.6. The maximum atomic E-state index is 14.6. The largest absolute Gasteiger partial charge is 0.508 e. The highest BCUT2D eigenvalue weighted by atomic mass is 16.6. The molecule has 1 aromatic heterocycles. The van der Waals surface area contributed by atoms with Crippen LogP contribution in [-0.2, 0) is 48.0 Å². The van der Waals surface area contributed by atoms with Crippen molar-refractivity contribution in [3.8, 4) is 5.75 Å². The van der Waals surface area contributed by atoms with Gasteiger partial charge < -0.3 is 36.3 Å². The Kier molecular flexibility index (Phi) is 12.3. The van der Waals surface area contributed by atoms with E-state index >= 15 is 0 Å². The fourth-order valence-corrected chi connectivity index (χ4v) is 6.07. The summed E-state index contributed by atoms with van der Waals surface area (Å²) < 4.78 is 5.41. The minimum Gasteiger partial charge on any atom is -0.508 e. The van der Waals surface area contributed by atoms with E-state index in [4.69, 9.17) is 10.5 Å². The molecule has 0 radical (unpaired) electrons. The Morgan fingerprint density at radius 1 is 0.800 bits per heavy atom. The van der Waals surface area contributed by atoms with Gasteiger partial charge in [-0.1, -0.05) is 72.8 Å². The van der Waals surface area contributed by atoms with E-state index in [1.54, 1.807) is 57.3 Å². The molecule has 7 N–H and O–H groups in total. The first-order valence-corrected chi connectivity index (χ1v) is 17.6. The molecular formula is C41H43N5O9. The van der Waals surface area contributed by atoms with Crippen LogP contribution in [0.15, 0.2) is 97.2 Å².